The Morgan fingerprint density at radius 3 is 2.60 bits per heavy atom. The summed E-state index contributed by atoms with van der Waals surface area (Å²) in [6.45, 7) is 13.6. The van der Waals surface area contributed by atoms with Crippen LogP contribution >= 0.6 is 0 Å². The molecule has 0 aromatic rings. The predicted octanol–water partition coefficient (Wildman–Crippen LogP) is 2.19. The van der Waals surface area contributed by atoms with Crippen molar-refractivity contribution in [3.63, 3.8) is 0 Å². The molecule has 4 nitrogen and oxygen atoms in total. The minimum Gasteiger partial charge on any atom is -0.328 e. The Kier molecular flexibility index (Phi) is 3.74. The number of hydrogen-bond donors (Lipinski definition) is 1. The lowest BCUT2D eigenvalue weighted by molar-refractivity contribution is -0.128. The molecule has 2 heterocycles. The number of carbonyl (C=O) groups is 2. The second kappa shape index (κ2) is 5.33. The van der Waals surface area contributed by atoms with E-state index in [4.69, 9.17) is 0 Å². The van der Waals surface area contributed by atoms with E-state index >= 15 is 0 Å². The second-order valence-electron chi connectivity index (χ2n) is 4.83. The number of amides is 2. The zero-order valence-electron chi connectivity index (χ0n) is 11.6. The van der Waals surface area contributed by atoms with Crippen molar-refractivity contribution in [2.24, 2.45) is 0 Å². The van der Waals surface area contributed by atoms with E-state index in [-0.39, 0.29) is 17.9 Å². The molecule has 0 saturated carbocycles. The topological polar surface area (TPSA) is 49.4 Å². The van der Waals surface area contributed by atoms with Gasteiger partial charge in [0.15, 0.2) is 0 Å². The Hall–Kier alpha value is -2.36. The van der Waals surface area contributed by atoms with Gasteiger partial charge in [0.1, 0.15) is 0 Å². The maximum Gasteiger partial charge on any atom is 0.259 e. The zero-order valence-corrected chi connectivity index (χ0v) is 11.6. The van der Waals surface area contributed by atoms with Gasteiger partial charge in [-0.1, -0.05) is 31.9 Å². The van der Waals surface area contributed by atoms with Gasteiger partial charge in [-0.25, -0.2) is 0 Å². The molecule has 2 aliphatic heterocycles. The van der Waals surface area contributed by atoms with Crippen LogP contribution in [0.5, 0.6) is 0 Å². The molecular weight excluding hydrogens is 252 g/mol. The van der Waals surface area contributed by atoms with E-state index in [1.165, 1.54) is 0 Å². The molecule has 0 radical (unpaired) electrons. The molecule has 4 heteroatoms. The molecule has 0 aromatic carbocycles. The van der Waals surface area contributed by atoms with Gasteiger partial charge in [0.25, 0.3) is 5.91 Å². The maximum absolute atomic E-state index is 12.5. The highest BCUT2D eigenvalue weighted by molar-refractivity contribution is 6.05. The monoisotopic (exact) mass is 270 g/mol. The highest BCUT2D eigenvalue weighted by Gasteiger charge is 2.40. The van der Waals surface area contributed by atoms with Crippen LogP contribution in [0.4, 0.5) is 0 Å². The smallest absolute Gasteiger partial charge is 0.259 e. The lowest BCUT2D eigenvalue weighted by Gasteiger charge is -2.33. The van der Waals surface area contributed by atoms with E-state index in [1.807, 2.05) is 13.0 Å². The second-order valence-corrected chi connectivity index (χ2v) is 4.83. The fraction of sp³-hybridized carbons (Fsp3) is 0.250. The minimum atomic E-state index is -0.249. The summed E-state index contributed by atoms with van der Waals surface area (Å²) < 4.78 is 0. The molecule has 0 aliphatic carbocycles. The number of allylic oxidation sites excluding steroid dienone is 4. The van der Waals surface area contributed by atoms with Crippen LogP contribution < -0.4 is 5.32 Å². The molecule has 1 N–H and O–H groups in total. The quantitative estimate of drug-likeness (QED) is 0.782. The van der Waals surface area contributed by atoms with Crippen LogP contribution in [0.15, 0.2) is 60.5 Å². The molecule has 2 saturated heterocycles. The number of likely N-dealkylation sites (tertiary alicyclic amines) is 1. The van der Waals surface area contributed by atoms with Crippen LogP contribution in [-0.2, 0) is 9.59 Å². The van der Waals surface area contributed by atoms with E-state index in [0.29, 0.717) is 35.4 Å². The fourth-order valence-corrected chi connectivity index (χ4v) is 2.43. The van der Waals surface area contributed by atoms with Crippen LogP contribution in [0.3, 0.4) is 0 Å². The summed E-state index contributed by atoms with van der Waals surface area (Å²) in [5, 5.41) is 2.69. The van der Waals surface area contributed by atoms with Crippen molar-refractivity contribution in [2.75, 3.05) is 0 Å². The van der Waals surface area contributed by atoms with E-state index in [0.717, 1.165) is 0 Å². The number of rotatable bonds is 2. The predicted molar refractivity (Wildman–Crippen MR) is 78.3 cm³/mol. The van der Waals surface area contributed by atoms with Crippen LogP contribution in [0, 0.1) is 0 Å². The minimum absolute atomic E-state index is 0.0629. The van der Waals surface area contributed by atoms with Crippen molar-refractivity contribution in [3.8, 4) is 0 Å². The van der Waals surface area contributed by atoms with Gasteiger partial charge in [-0.3, -0.25) is 14.5 Å². The van der Waals surface area contributed by atoms with Gasteiger partial charge < -0.3 is 5.32 Å². The molecule has 2 fully saturated rings. The van der Waals surface area contributed by atoms with Crippen LogP contribution in [0.2, 0.25) is 0 Å². The Morgan fingerprint density at radius 1 is 1.30 bits per heavy atom. The molecule has 2 aliphatic rings. The van der Waals surface area contributed by atoms with Gasteiger partial charge in [-0.05, 0) is 19.4 Å². The fourth-order valence-electron chi connectivity index (χ4n) is 2.43. The molecule has 0 spiro atoms. The van der Waals surface area contributed by atoms with E-state index < -0.39 is 0 Å². The van der Waals surface area contributed by atoms with Crippen molar-refractivity contribution in [1.29, 1.82) is 0 Å². The van der Waals surface area contributed by atoms with E-state index in [2.05, 4.69) is 25.1 Å². The lowest BCUT2D eigenvalue weighted by atomic mass is 10.0. The SMILES string of the molecule is C=C1C(=C)N(C2CCC(=O)NC2=C)C(=O)/C1=C/C=C\C. The molecule has 0 aromatic heterocycles. The summed E-state index contributed by atoms with van der Waals surface area (Å²) in [5.41, 5.74) is 2.28. The molecule has 2 amide bonds. The average molecular weight is 270 g/mol. The number of carbonyl (C=O) groups excluding carboxylic acids is 2. The highest BCUT2D eigenvalue weighted by Crippen LogP contribution is 2.35. The number of hydrogen-bond acceptors (Lipinski definition) is 2. The summed E-state index contributed by atoms with van der Waals surface area (Å²) in [6.07, 6.45) is 6.31. The van der Waals surface area contributed by atoms with Crippen molar-refractivity contribution in [3.05, 3.63) is 60.5 Å². The van der Waals surface area contributed by atoms with Crippen LogP contribution in [0.25, 0.3) is 0 Å². The summed E-state index contributed by atoms with van der Waals surface area (Å²) in [5.74, 6) is -0.201. The van der Waals surface area contributed by atoms with Gasteiger partial charge >= 0.3 is 0 Å². The van der Waals surface area contributed by atoms with Crippen LogP contribution in [-0.4, -0.2) is 22.8 Å². The lowest BCUT2D eigenvalue weighted by Crippen LogP contribution is -2.45. The Bertz CT molecular complexity index is 581. The van der Waals surface area contributed by atoms with Gasteiger partial charge in [-0.2, -0.15) is 0 Å². The third kappa shape index (κ3) is 2.25. The van der Waals surface area contributed by atoms with Crippen molar-refractivity contribution in [1.82, 2.24) is 10.2 Å². The Balaban J connectivity index is 2.31. The first-order chi connectivity index (χ1) is 9.47. The molecule has 0 bridgehead atoms. The summed E-state index contributed by atoms with van der Waals surface area (Å²) >= 11 is 0. The standard InChI is InChI=1S/C16H18N2O2/c1-5-6-7-13-10(2)12(4)18(16(13)20)14-8-9-15(19)17-11(14)3/h5-7,14H,2-4,8-9H2,1H3,(H,17,19)/b6-5-,13-7+. The van der Waals surface area contributed by atoms with Crippen molar-refractivity contribution >= 4 is 11.8 Å². The molecule has 1 unspecified atom stereocenters. The third-order valence-electron chi connectivity index (χ3n) is 3.53. The third-order valence-corrected chi connectivity index (χ3v) is 3.53. The highest BCUT2D eigenvalue weighted by atomic mass is 16.2. The summed E-state index contributed by atoms with van der Waals surface area (Å²) in [6, 6.07) is -0.249. The average Bonchev–Trinajstić information content (AvgIpc) is 2.60. The van der Waals surface area contributed by atoms with Gasteiger partial charge in [0, 0.05) is 29.0 Å². The summed E-state index contributed by atoms with van der Waals surface area (Å²) in [7, 11) is 0. The first kappa shape index (κ1) is 14.1. The largest absolute Gasteiger partial charge is 0.328 e. The Labute approximate surface area is 118 Å². The molecule has 1 atom stereocenters. The molecule has 104 valence electrons. The van der Waals surface area contributed by atoms with Gasteiger partial charge in [0.05, 0.1) is 6.04 Å². The normalized spacial score (nSPS) is 26.1. The first-order valence-electron chi connectivity index (χ1n) is 6.51. The van der Waals surface area contributed by atoms with Gasteiger partial charge in [-0.15, -0.1) is 0 Å². The van der Waals surface area contributed by atoms with Crippen molar-refractivity contribution in [2.45, 2.75) is 25.8 Å². The zero-order chi connectivity index (χ0) is 14.9. The molecule has 20 heavy (non-hydrogen) atoms. The molecular formula is C16H18N2O2. The van der Waals surface area contributed by atoms with E-state index in [1.54, 1.807) is 17.1 Å². The number of nitrogens with one attached hydrogen (secondary N) is 1. The Morgan fingerprint density at radius 2 is 2.00 bits per heavy atom. The van der Waals surface area contributed by atoms with Crippen LogP contribution in [0.1, 0.15) is 19.8 Å². The molecule has 2 rings (SSSR count). The summed E-state index contributed by atoms with van der Waals surface area (Å²) in [4.78, 5) is 25.4. The van der Waals surface area contributed by atoms with Crippen molar-refractivity contribution < 1.29 is 9.59 Å². The van der Waals surface area contributed by atoms with E-state index in [9.17, 15) is 9.59 Å². The maximum atomic E-state index is 12.5. The first-order valence-corrected chi connectivity index (χ1v) is 6.51. The number of nitrogens with zero attached hydrogens (tertiary/aromatic N) is 1. The number of piperidine rings is 1. The van der Waals surface area contributed by atoms with Gasteiger partial charge in [0.2, 0.25) is 5.91 Å².